The highest BCUT2D eigenvalue weighted by Gasteiger charge is 2.18. The van der Waals surface area contributed by atoms with Gasteiger partial charge in [0.25, 0.3) is 5.91 Å². The molecule has 7 heteroatoms. The van der Waals surface area contributed by atoms with E-state index in [4.69, 9.17) is 0 Å². The van der Waals surface area contributed by atoms with Crippen LogP contribution < -0.4 is 5.32 Å². The van der Waals surface area contributed by atoms with Crippen LogP contribution in [0.3, 0.4) is 0 Å². The van der Waals surface area contributed by atoms with Crippen molar-refractivity contribution in [1.29, 1.82) is 0 Å². The molecule has 31 heavy (non-hydrogen) atoms. The lowest BCUT2D eigenvalue weighted by Crippen LogP contribution is -2.27. The predicted molar refractivity (Wildman–Crippen MR) is 125 cm³/mol. The summed E-state index contributed by atoms with van der Waals surface area (Å²) in [6.45, 7) is 6.05. The molecule has 1 amide bonds. The minimum atomic E-state index is -3.38. The van der Waals surface area contributed by atoms with Crippen molar-refractivity contribution in [3.63, 3.8) is 0 Å². The van der Waals surface area contributed by atoms with Crippen molar-refractivity contribution >= 4 is 27.5 Å². The highest BCUT2D eigenvalue weighted by Crippen LogP contribution is 2.23. The van der Waals surface area contributed by atoms with E-state index >= 15 is 0 Å². The molecule has 0 fully saturated rings. The number of amides is 1. The summed E-state index contributed by atoms with van der Waals surface area (Å²) in [5.41, 5.74) is 3.86. The summed E-state index contributed by atoms with van der Waals surface area (Å²) in [7, 11) is -3.38. The van der Waals surface area contributed by atoms with E-state index in [1.54, 1.807) is 48.7 Å². The van der Waals surface area contributed by atoms with Gasteiger partial charge in [0.05, 0.1) is 22.3 Å². The Balaban J connectivity index is 1.67. The summed E-state index contributed by atoms with van der Waals surface area (Å²) in [6.07, 6.45) is 1.61. The van der Waals surface area contributed by atoms with Crippen LogP contribution >= 0.6 is 11.8 Å². The molecule has 162 valence electrons. The standard InChI is InChI=1S/C24H26N2O3S2/c1-17-11-12-20(16-18(17)2)19(3)26-23(27)22-10-7-13-25-24(22)30-14-15-31(28,29)21-8-5-4-6-9-21/h4-13,16,19H,14-15H2,1-3H3,(H,26,27). The molecule has 0 radical (unpaired) electrons. The number of benzene rings is 2. The molecular weight excluding hydrogens is 428 g/mol. The minimum absolute atomic E-state index is 0.0294. The van der Waals surface area contributed by atoms with E-state index in [0.717, 1.165) is 5.56 Å². The number of thioether (sulfide) groups is 1. The molecule has 1 atom stereocenters. The first kappa shape index (κ1) is 23.0. The van der Waals surface area contributed by atoms with E-state index in [0.29, 0.717) is 21.2 Å². The fraction of sp³-hybridized carbons (Fsp3) is 0.250. The highest BCUT2D eigenvalue weighted by atomic mass is 32.2. The largest absolute Gasteiger partial charge is 0.345 e. The van der Waals surface area contributed by atoms with Crippen molar-refractivity contribution in [3.8, 4) is 0 Å². The zero-order chi connectivity index (χ0) is 22.4. The number of carbonyl (C=O) groups excluding carboxylic acids is 1. The van der Waals surface area contributed by atoms with Crippen LogP contribution in [-0.2, 0) is 9.84 Å². The average Bonchev–Trinajstić information content (AvgIpc) is 2.76. The number of hydrogen-bond donors (Lipinski definition) is 1. The first-order valence-electron chi connectivity index (χ1n) is 10.0. The highest BCUT2D eigenvalue weighted by molar-refractivity contribution is 8.00. The van der Waals surface area contributed by atoms with Crippen molar-refractivity contribution < 1.29 is 13.2 Å². The van der Waals surface area contributed by atoms with Crippen molar-refractivity contribution in [2.45, 2.75) is 36.7 Å². The Morgan fingerprint density at radius 2 is 1.77 bits per heavy atom. The molecule has 1 aromatic heterocycles. The van der Waals surface area contributed by atoms with Crippen molar-refractivity contribution in [2.75, 3.05) is 11.5 Å². The van der Waals surface area contributed by atoms with Gasteiger partial charge in [-0.15, -0.1) is 11.8 Å². The molecule has 0 aliphatic heterocycles. The smallest absolute Gasteiger partial charge is 0.254 e. The number of aryl methyl sites for hydroxylation is 2. The number of sulfone groups is 1. The maximum absolute atomic E-state index is 12.9. The van der Waals surface area contributed by atoms with Crippen molar-refractivity contribution in [1.82, 2.24) is 10.3 Å². The minimum Gasteiger partial charge on any atom is -0.345 e. The molecule has 5 nitrogen and oxygen atoms in total. The second-order valence-electron chi connectivity index (χ2n) is 7.38. The fourth-order valence-electron chi connectivity index (χ4n) is 3.06. The normalized spacial score (nSPS) is 12.4. The fourth-order valence-corrected chi connectivity index (χ4v) is 5.73. The molecule has 1 unspecified atom stereocenters. The van der Waals surface area contributed by atoms with E-state index < -0.39 is 9.84 Å². The van der Waals surface area contributed by atoms with Crippen LogP contribution in [0.25, 0.3) is 0 Å². The van der Waals surface area contributed by atoms with Gasteiger partial charge in [-0.25, -0.2) is 13.4 Å². The van der Waals surface area contributed by atoms with Gasteiger partial charge in [0.15, 0.2) is 9.84 Å². The molecule has 0 saturated carbocycles. The number of aromatic nitrogens is 1. The molecule has 1 heterocycles. The van der Waals surface area contributed by atoms with Crippen LogP contribution in [0.2, 0.25) is 0 Å². The summed E-state index contributed by atoms with van der Waals surface area (Å²) in [6, 6.07) is 17.8. The van der Waals surface area contributed by atoms with E-state index in [2.05, 4.69) is 23.3 Å². The summed E-state index contributed by atoms with van der Waals surface area (Å²) < 4.78 is 25.0. The Kier molecular flexibility index (Phi) is 7.51. The molecule has 2 aromatic carbocycles. The molecule has 3 aromatic rings. The molecule has 3 rings (SSSR count). The molecule has 1 N–H and O–H groups in total. The quantitative estimate of drug-likeness (QED) is 0.497. The van der Waals surface area contributed by atoms with Gasteiger partial charge in [-0.3, -0.25) is 4.79 Å². The van der Waals surface area contributed by atoms with E-state index in [1.165, 1.54) is 22.9 Å². The summed E-state index contributed by atoms with van der Waals surface area (Å²) in [4.78, 5) is 17.5. The van der Waals surface area contributed by atoms with Crippen LogP contribution in [-0.4, -0.2) is 30.8 Å². The van der Waals surface area contributed by atoms with Crippen LogP contribution in [0.1, 0.15) is 40.0 Å². The second-order valence-corrected chi connectivity index (χ2v) is 10.6. The van der Waals surface area contributed by atoms with E-state index in [1.807, 2.05) is 26.0 Å². The lowest BCUT2D eigenvalue weighted by atomic mass is 10.0. The van der Waals surface area contributed by atoms with Gasteiger partial charge in [0.2, 0.25) is 0 Å². The molecule has 0 spiro atoms. The Morgan fingerprint density at radius 3 is 2.48 bits per heavy atom. The van der Waals surface area contributed by atoms with E-state index in [9.17, 15) is 13.2 Å². The molecular formula is C24H26N2O3S2. The third kappa shape index (κ3) is 5.95. The summed E-state index contributed by atoms with van der Waals surface area (Å²) in [5.74, 6) is 0.0480. The average molecular weight is 455 g/mol. The lowest BCUT2D eigenvalue weighted by Gasteiger charge is -2.17. The number of nitrogens with zero attached hydrogens (tertiary/aromatic N) is 1. The number of rotatable bonds is 8. The molecule has 0 bridgehead atoms. The second kappa shape index (κ2) is 10.1. The molecule has 0 saturated heterocycles. The third-order valence-corrected chi connectivity index (χ3v) is 8.08. The Hall–Kier alpha value is -2.64. The first-order chi connectivity index (χ1) is 14.8. The van der Waals surface area contributed by atoms with Gasteiger partial charge < -0.3 is 5.32 Å². The zero-order valence-electron chi connectivity index (χ0n) is 17.8. The third-order valence-electron chi connectivity index (χ3n) is 5.09. The van der Waals surface area contributed by atoms with Crippen LogP contribution in [0.5, 0.6) is 0 Å². The van der Waals surface area contributed by atoms with Gasteiger partial charge in [-0.05, 0) is 61.7 Å². The van der Waals surface area contributed by atoms with Crippen LogP contribution in [0.15, 0.2) is 76.8 Å². The number of nitrogens with one attached hydrogen (secondary N) is 1. The maximum Gasteiger partial charge on any atom is 0.254 e. The predicted octanol–water partition coefficient (Wildman–Crippen LogP) is 4.76. The number of hydrogen-bond acceptors (Lipinski definition) is 5. The number of pyridine rings is 1. The molecule has 0 aliphatic carbocycles. The molecule has 0 aliphatic rings. The monoisotopic (exact) mass is 454 g/mol. The van der Waals surface area contributed by atoms with Gasteiger partial charge >= 0.3 is 0 Å². The summed E-state index contributed by atoms with van der Waals surface area (Å²) >= 11 is 1.27. The van der Waals surface area contributed by atoms with E-state index in [-0.39, 0.29) is 17.7 Å². The Labute approximate surface area is 188 Å². The lowest BCUT2D eigenvalue weighted by molar-refractivity contribution is 0.0936. The zero-order valence-corrected chi connectivity index (χ0v) is 19.5. The van der Waals surface area contributed by atoms with Gasteiger partial charge in [-0.2, -0.15) is 0 Å². The Morgan fingerprint density at radius 1 is 1.03 bits per heavy atom. The van der Waals surface area contributed by atoms with Crippen molar-refractivity contribution in [3.05, 3.63) is 89.1 Å². The maximum atomic E-state index is 12.9. The Bertz CT molecular complexity index is 1160. The van der Waals surface area contributed by atoms with Crippen LogP contribution in [0, 0.1) is 13.8 Å². The van der Waals surface area contributed by atoms with Crippen LogP contribution in [0.4, 0.5) is 0 Å². The van der Waals surface area contributed by atoms with Gasteiger partial charge in [0.1, 0.15) is 5.03 Å². The first-order valence-corrected chi connectivity index (χ1v) is 12.7. The van der Waals surface area contributed by atoms with Gasteiger partial charge in [-0.1, -0.05) is 36.4 Å². The van der Waals surface area contributed by atoms with Gasteiger partial charge in [0, 0.05) is 11.9 Å². The van der Waals surface area contributed by atoms with Crippen molar-refractivity contribution in [2.24, 2.45) is 0 Å². The SMILES string of the molecule is Cc1ccc(C(C)NC(=O)c2cccnc2SCCS(=O)(=O)c2ccccc2)cc1C. The topological polar surface area (TPSA) is 76.1 Å². The summed E-state index contributed by atoms with van der Waals surface area (Å²) in [5, 5.41) is 3.55. The number of carbonyl (C=O) groups is 1.